The van der Waals surface area contributed by atoms with Crippen molar-refractivity contribution in [3.8, 4) is 11.5 Å². The first kappa shape index (κ1) is 30.0. The minimum absolute atomic E-state index is 0.000349. The second kappa shape index (κ2) is 11.7. The van der Waals surface area contributed by atoms with E-state index in [-0.39, 0.29) is 70.0 Å². The summed E-state index contributed by atoms with van der Waals surface area (Å²) in [6.45, 7) is 4.02. The monoisotopic (exact) mass is 667 g/mol. The zero-order chi connectivity index (χ0) is 32.4. The zero-order valence-corrected chi connectivity index (χ0v) is 27.4. The van der Waals surface area contributed by atoms with Crippen LogP contribution in [0.4, 0.5) is 11.4 Å². The van der Waals surface area contributed by atoms with Crippen LogP contribution in [0.1, 0.15) is 35.3 Å². The van der Waals surface area contributed by atoms with Crippen molar-refractivity contribution >= 4 is 52.2 Å². The lowest BCUT2D eigenvalue weighted by molar-refractivity contribution is -0.123. The van der Waals surface area contributed by atoms with E-state index in [2.05, 4.69) is 10.3 Å². The molecule has 11 heteroatoms. The first-order chi connectivity index (χ1) is 22.8. The smallest absolute Gasteiger partial charge is 0.305 e. The molecule has 4 aliphatic rings. The molecule has 240 valence electrons. The molecule has 0 spiro atoms. The highest BCUT2D eigenvalue weighted by molar-refractivity contribution is 8.00. The summed E-state index contributed by atoms with van der Waals surface area (Å²) in [6, 6.07) is 22.5. The highest BCUT2D eigenvalue weighted by Gasteiger charge is 2.69. The summed E-state index contributed by atoms with van der Waals surface area (Å²) in [4.78, 5) is 58.5. The van der Waals surface area contributed by atoms with Gasteiger partial charge in [0.25, 0.3) is 5.91 Å². The van der Waals surface area contributed by atoms with Crippen LogP contribution in [0.25, 0.3) is 0 Å². The summed E-state index contributed by atoms with van der Waals surface area (Å²) in [7, 11) is 0. The van der Waals surface area contributed by atoms with Crippen LogP contribution in [0, 0.1) is 36.5 Å². The number of hydrogen-bond acceptors (Lipinski definition) is 8. The van der Waals surface area contributed by atoms with Crippen molar-refractivity contribution in [2.75, 3.05) is 23.4 Å². The van der Waals surface area contributed by atoms with E-state index in [1.165, 1.54) is 16.2 Å². The Bertz CT molecular complexity index is 1960. The Hall–Kier alpha value is -4.35. The van der Waals surface area contributed by atoms with Gasteiger partial charge in [0.05, 0.1) is 29.2 Å². The second-order valence-corrected chi connectivity index (χ2v) is 14.8. The van der Waals surface area contributed by atoms with Crippen LogP contribution < -0.4 is 24.6 Å². The maximum Gasteiger partial charge on any atom is 0.305 e. The number of benzene rings is 3. The summed E-state index contributed by atoms with van der Waals surface area (Å²) in [6.07, 6.45) is 0.808. The lowest BCUT2D eigenvalue weighted by Crippen LogP contribution is -2.42. The van der Waals surface area contributed by atoms with Gasteiger partial charge >= 0.3 is 4.87 Å². The molecule has 7 atom stereocenters. The number of nitrogens with zero attached hydrogens (tertiary/aromatic N) is 1. The molecule has 8 rings (SSSR count). The number of nitrogens with one attached hydrogen (secondary N) is 2. The Kier molecular flexibility index (Phi) is 7.48. The predicted octanol–water partition coefficient (Wildman–Crippen LogP) is 5.84. The topological polar surface area (TPSA) is 118 Å². The van der Waals surface area contributed by atoms with Crippen LogP contribution in [-0.4, -0.2) is 41.2 Å². The molecule has 0 unspecified atom stereocenters. The van der Waals surface area contributed by atoms with Gasteiger partial charge in [0.15, 0.2) is 18.1 Å². The van der Waals surface area contributed by atoms with Gasteiger partial charge in [-0.1, -0.05) is 53.8 Å². The van der Waals surface area contributed by atoms with E-state index in [1.54, 1.807) is 11.8 Å². The molecular formula is C36H33N3O6S2. The number of carbonyl (C=O) groups is 3. The molecule has 0 radical (unpaired) electrons. The van der Waals surface area contributed by atoms with Crippen molar-refractivity contribution in [3.63, 3.8) is 0 Å². The Balaban J connectivity index is 1.11. The fraction of sp³-hybridized carbons (Fsp3) is 0.333. The van der Waals surface area contributed by atoms with E-state index in [9.17, 15) is 19.2 Å². The van der Waals surface area contributed by atoms with Gasteiger partial charge < -0.3 is 19.8 Å². The Labute approximate surface area is 279 Å². The van der Waals surface area contributed by atoms with Gasteiger partial charge in [0, 0.05) is 21.7 Å². The molecule has 2 aliphatic heterocycles. The van der Waals surface area contributed by atoms with Crippen LogP contribution in [-0.2, 0) is 14.4 Å². The molecule has 4 aromatic rings. The molecule has 2 N–H and O–H groups in total. The van der Waals surface area contributed by atoms with Crippen LogP contribution in [0.5, 0.6) is 11.5 Å². The Morgan fingerprint density at radius 3 is 2.45 bits per heavy atom. The van der Waals surface area contributed by atoms with Crippen molar-refractivity contribution in [3.05, 3.63) is 98.5 Å². The number of imide groups is 1. The largest absolute Gasteiger partial charge is 0.490 e. The molecule has 3 heterocycles. The summed E-state index contributed by atoms with van der Waals surface area (Å²) in [5.74, 6) is -0.353. The van der Waals surface area contributed by atoms with Gasteiger partial charge in [-0.05, 0) is 79.5 Å². The average molecular weight is 668 g/mol. The fourth-order valence-electron chi connectivity index (χ4n) is 8.37. The summed E-state index contributed by atoms with van der Waals surface area (Å²) < 4.78 is 12.0. The molecule has 47 heavy (non-hydrogen) atoms. The standard InChI is InChI=1S/C36H33N3O6S2/c1-3-44-25-15-19(13-14-24(25)45-17-26(40)37-23-12-8-7-9-18(23)2)27-28-21-16-22(31(28)46-33-32(27)47-36(43)38-33)30-29(21)34(41)39(35(30)42)20-10-5-4-6-11-20/h4-15,21-22,27-31H,3,16-17H2,1-2H3,(H,37,40)(H,38,43)/t21-,22-,27+,28-,29+,30+,31-/m1/s1. The van der Waals surface area contributed by atoms with Crippen LogP contribution in [0.2, 0.25) is 0 Å². The number of carbonyl (C=O) groups excluding carboxylic acids is 3. The van der Waals surface area contributed by atoms with Crippen LogP contribution in [0.3, 0.4) is 0 Å². The third-order valence-corrected chi connectivity index (χ3v) is 12.7. The third kappa shape index (κ3) is 4.90. The minimum Gasteiger partial charge on any atom is -0.490 e. The lowest BCUT2D eigenvalue weighted by Gasteiger charge is -2.43. The number of anilines is 2. The number of aromatic nitrogens is 1. The molecule has 3 fully saturated rings. The summed E-state index contributed by atoms with van der Waals surface area (Å²) in [5.41, 5.74) is 3.27. The number of aryl methyl sites for hydroxylation is 1. The van der Waals surface area contributed by atoms with Gasteiger partial charge in [-0.15, -0.1) is 11.8 Å². The minimum atomic E-state index is -0.380. The molecule has 3 aromatic carbocycles. The molecule has 1 saturated heterocycles. The van der Waals surface area contributed by atoms with Gasteiger partial charge in [-0.3, -0.25) is 24.1 Å². The number of para-hydroxylation sites is 2. The predicted molar refractivity (Wildman–Crippen MR) is 180 cm³/mol. The average Bonchev–Trinajstić information content (AvgIpc) is 3.80. The molecule has 2 saturated carbocycles. The number of thioether (sulfide) groups is 1. The van der Waals surface area contributed by atoms with Crippen molar-refractivity contribution in [2.24, 2.45) is 29.6 Å². The first-order valence-electron chi connectivity index (χ1n) is 15.9. The van der Waals surface area contributed by atoms with E-state index < -0.39 is 0 Å². The number of thiazole rings is 1. The summed E-state index contributed by atoms with van der Waals surface area (Å²) >= 11 is 2.88. The highest BCUT2D eigenvalue weighted by Crippen LogP contribution is 2.68. The first-order valence-corrected chi connectivity index (χ1v) is 17.6. The van der Waals surface area contributed by atoms with Gasteiger partial charge in [0.1, 0.15) is 0 Å². The Morgan fingerprint density at radius 2 is 1.68 bits per heavy atom. The van der Waals surface area contributed by atoms with Crippen molar-refractivity contribution in [2.45, 2.75) is 36.5 Å². The van der Waals surface area contributed by atoms with E-state index in [4.69, 9.17) is 9.47 Å². The third-order valence-electron chi connectivity index (χ3n) is 10.1. The van der Waals surface area contributed by atoms with E-state index in [0.29, 0.717) is 23.8 Å². The van der Waals surface area contributed by atoms with Gasteiger partial charge in [-0.25, -0.2) is 0 Å². The maximum atomic E-state index is 14.0. The molecule has 2 bridgehead atoms. The lowest BCUT2D eigenvalue weighted by atomic mass is 9.68. The number of hydrogen-bond donors (Lipinski definition) is 2. The molecule has 1 aromatic heterocycles. The SMILES string of the molecule is CCOc1cc([C@@H]2c3sc(=O)[nH]c3S[C@@H]3[C@@H]4C[C@@H]([C@@H]5C(=O)N(c6ccccc6)C(=O)[C@@H]45)[C@H]23)ccc1OCC(=O)Nc1ccccc1C. The van der Waals surface area contributed by atoms with E-state index >= 15 is 0 Å². The van der Waals surface area contributed by atoms with Crippen molar-refractivity contribution in [1.29, 1.82) is 0 Å². The number of ether oxygens (including phenoxy) is 2. The molecular weight excluding hydrogens is 635 g/mol. The Morgan fingerprint density at radius 1 is 0.936 bits per heavy atom. The quantitative estimate of drug-likeness (QED) is 0.227. The number of fused-ring (bicyclic) bond motifs is 9. The van der Waals surface area contributed by atoms with E-state index in [0.717, 1.165) is 33.1 Å². The van der Waals surface area contributed by atoms with Crippen molar-refractivity contribution in [1.82, 2.24) is 4.98 Å². The highest BCUT2D eigenvalue weighted by atomic mass is 32.2. The number of rotatable bonds is 8. The van der Waals surface area contributed by atoms with Crippen LogP contribution >= 0.6 is 23.1 Å². The van der Waals surface area contributed by atoms with Crippen LogP contribution in [0.15, 0.2) is 82.6 Å². The maximum absolute atomic E-state index is 14.0. The number of H-pyrrole nitrogens is 1. The second-order valence-electron chi connectivity index (χ2n) is 12.6. The number of aromatic amines is 1. The fourth-order valence-corrected chi connectivity index (χ4v) is 11.3. The number of amides is 3. The molecule has 3 amide bonds. The van der Waals surface area contributed by atoms with Gasteiger partial charge in [0.2, 0.25) is 11.8 Å². The normalized spacial score (nSPS) is 26.9. The van der Waals surface area contributed by atoms with Gasteiger partial charge in [-0.2, -0.15) is 0 Å². The molecule has 2 aliphatic carbocycles. The van der Waals surface area contributed by atoms with E-state index in [1.807, 2.05) is 86.6 Å². The molecule has 9 nitrogen and oxygen atoms in total. The summed E-state index contributed by atoms with van der Waals surface area (Å²) in [5, 5.41) is 3.82. The van der Waals surface area contributed by atoms with Crippen molar-refractivity contribution < 1.29 is 23.9 Å². The zero-order valence-electron chi connectivity index (χ0n) is 25.8.